The van der Waals surface area contributed by atoms with Crippen LogP contribution in [0.1, 0.15) is 318 Å². The number of benzene rings is 8. The Morgan fingerprint density at radius 1 is 0.336 bits per heavy atom. The second-order valence-corrected chi connectivity index (χ2v) is 42.7. The summed E-state index contributed by atoms with van der Waals surface area (Å²) in [6.45, 7) is 45.8. The first kappa shape index (κ1) is 127. The Bertz CT molecular complexity index is 5900. The van der Waals surface area contributed by atoms with Gasteiger partial charge in [0.15, 0.2) is 23.1 Å². The van der Waals surface area contributed by atoms with E-state index in [2.05, 4.69) is 305 Å². The van der Waals surface area contributed by atoms with E-state index in [4.69, 9.17) is 25.0 Å². The van der Waals surface area contributed by atoms with Crippen LogP contribution in [0.5, 0.6) is 0 Å². The van der Waals surface area contributed by atoms with Gasteiger partial charge in [-0.15, -0.1) is 140 Å². The first-order chi connectivity index (χ1) is 67.7. The fourth-order valence-electron chi connectivity index (χ4n) is 20.1. The molecule has 792 valence electrons. The summed E-state index contributed by atoms with van der Waals surface area (Å²) in [5.74, 6) is 2.46. The Morgan fingerprint density at radius 3 is 0.911 bits per heavy atom. The minimum absolute atomic E-state index is 0. The van der Waals surface area contributed by atoms with Crippen molar-refractivity contribution in [1.82, 2.24) is 19.9 Å². The predicted molar refractivity (Wildman–Crippen MR) is 596 cm³/mol. The number of hydrogen-bond acceptors (Lipinski definition) is 12. The molecular weight excluding hydrogens is 2510 g/mol. The van der Waals surface area contributed by atoms with Gasteiger partial charge in [0, 0.05) is 162 Å². The van der Waals surface area contributed by atoms with Crippen LogP contribution in [0.25, 0.3) is 88.6 Å². The third-order valence-corrected chi connectivity index (χ3v) is 27.1. The molecular formula is C130H164Ir4N4O8-4. The summed E-state index contributed by atoms with van der Waals surface area (Å²) in [4.78, 5) is 65.0. The molecule has 16 rings (SSSR count). The van der Waals surface area contributed by atoms with Gasteiger partial charge in [-0.1, -0.05) is 313 Å². The zero-order valence-electron chi connectivity index (χ0n) is 91.3. The van der Waals surface area contributed by atoms with Crippen molar-refractivity contribution in [2.75, 3.05) is 0 Å². The number of para-hydroxylation sites is 2. The van der Waals surface area contributed by atoms with Gasteiger partial charge in [0.25, 0.3) is 0 Å². The maximum atomic E-state index is 12.0. The number of ketones is 4. The number of hydrogen-bond donors (Lipinski definition) is 4. The van der Waals surface area contributed by atoms with Crippen LogP contribution < -0.4 is 0 Å². The molecule has 146 heavy (non-hydrogen) atoms. The molecule has 4 heterocycles. The summed E-state index contributed by atoms with van der Waals surface area (Å²) in [6, 6.07) is 73.8. The van der Waals surface area contributed by atoms with Crippen LogP contribution >= 0.6 is 0 Å². The molecule has 4 saturated carbocycles. The van der Waals surface area contributed by atoms with Gasteiger partial charge in [-0.3, -0.25) is 39.1 Å². The Morgan fingerprint density at radius 2 is 0.623 bits per heavy atom. The molecule has 4 N–H and O–H groups in total. The number of nitrogens with zero attached hydrogens (tertiary/aromatic N) is 4. The summed E-state index contributed by atoms with van der Waals surface area (Å²) < 4.78 is 0. The number of aryl methyl sites for hydroxylation is 10. The number of aromatic nitrogens is 4. The van der Waals surface area contributed by atoms with Gasteiger partial charge < -0.3 is 20.4 Å². The Balaban J connectivity index is 0.000000297. The quantitative estimate of drug-likeness (QED) is 0.0254. The van der Waals surface area contributed by atoms with E-state index >= 15 is 0 Å². The molecule has 0 saturated heterocycles. The van der Waals surface area contributed by atoms with Gasteiger partial charge in [-0.05, 0) is 197 Å². The van der Waals surface area contributed by atoms with Crippen molar-refractivity contribution in [2.24, 2.45) is 46.3 Å². The molecule has 4 aliphatic carbocycles. The van der Waals surface area contributed by atoms with Crippen molar-refractivity contribution in [3.63, 3.8) is 0 Å². The zero-order chi connectivity index (χ0) is 103. The van der Waals surface area contributed by atoms with Crippen LogP contribution in [0.4, 0.5) is 0 Å². The van der Waals surface area contributed by atoms with Gasteiger partial charge >= 0.3 is 0 Å². The van der Waals surface area contributed by atoms with Gasteiger partial charge in [-0.2, -0.15) is 0 Å². The summed E-state index contributed by atoms with van der Waals surface area (Å²) in [5, 5.41) is 43.0. The van der Waals surface area contributed by atoms with Gasteiger partial charge in [0.2, 0.25) is 0 Å². The van der Waals surface area contributed by atoms with E-state index in [9.17, 15) is 34.5 Å². The third-order valence-electron chi connectivity index (χ3n) is 27.1. The largest absolute Gasteiger partial charge is 0.512 e. The Hall–Kier alpha value is -9.16. The van der Waals surface area contributed by atoms with Crippen LogP contribution in [0.3, 0.4) is 0 Å². The number of fused-ring (bicyclic) bond motifs is 4. The van der Waals surface area contributed by atoms with Crippen molar-refractivity contribution in [2.45, 2.75) is 332 Å². The van der Waals surface area contributed by atoms with E-state index < -0.39 is 0 Å². The molecule has 16 heteroatoms. The van der Waals surface area contributed by atoms with E-state index in [1.807, 2.05) is 27.7 Å². The normalized spacial score (nSPS) is 14.2. The zero-order valence-corrected chi connectivity index (χ0v) is 101. The van der Waals surface area contributed by atoms with Crippen molar-refractivity contribution in [3.05, 3.63) is 308 Å². The molecule has 4 fully saturated rings. The van der Waals surface area contributed by atoms with Crippen LogP contribution in [-0.2, 0) is 125 Å². The van der Waals surface area contributed by atoms with E-state index in [0.29, 0.717) is 11.5 Å². The monoisotopic (exact) mass is 2680 g/mol. The van der Waals surface area contributed by atoms with Crippen LogP contribution in [-0.4, -0.2) is 63.5 Å². The number of allylic oxidation sites excluding steroid dienone is 8. The van der Waals surface area contributed by atoms with Crippen LogP contribution in [0.15, 0.2) is 217 Å². The summed E-state index contributed by atoms with van der Waals surface area (Å²) in [5.41, 5.74) is 28.4. The summed E-state index contributed by atoms with van der Waals surface area (Å²) in [7, 11) is 0. The van der Waals surface area contributed by atoms with Crippen LogP contribution in [0, 0.1) is 126 Å². The number of pyridine rings is 4. The second kappa shape index (κ2) is 63.7. The molecule has 8 aromatic carbocycles. The maximum Gasteiger partial charge on any atom is 0.162 e. The Kier molecular flexibility index (Phi) is 55.6. The van der Waals surface area contributed by atoms with Gasteiger partial charge in [0.05, 0.1) is 45.1 Å². The fraction of sp³-hybridized carbons (Fsp3) is 0.446. The average molecular weight is 2680 g/mol. The van der Waals surface area contributed by atoms with Crippen molar-refractivity contribution in [1.29, 1.82) is 0 Å². The number of aliphatic hydroxyl groups excluding tert-OH is 4. The van der Waals surface area contributed by atoms with E-state index in [-0.39, 0.29) is 161 Å². The molecule has 0 aliphatic heterocycles. The fourth-order valence-corrected chi connectivity index (χ4v) is 20.1. The number of carbonyl (C=O) groups is 4. The van der Waals surface area contributed by atoms with Crippen LogP contribution in [0.2, 0.25) is 0 Å². The SMILES string of the molecule is CC(=O)C=C(C)O.CCC(CC)C(=O)C=C(O)C(CC)CC.CCCc1cc(-c2[c-]c(C)cc(C)c2)nc2ccccc12.CCCc1cc(-c2[c-]c(C)cc(C)c2)nc2ccccc12.Cc1[c-]c(-c2ccc3c(CC(C)(C)C)cccc3n2)cc(C)c1.Cc1[c-]c(-c2ccc3c(CC(C)(C)C)cccc3n2)cc(C)c1.O=C(C=C(O)C1CCCC1)C1CCCC1.O=C(C=C(O)C1CCCCC1)C1CCCCC1.[Ir].[Ir].[Ir].[Ir]. The number of carbonyl (C=O) groups excluding carboxylic acids is 4. The van der Waals surface area contributed by atoms with Crippen molar-refractivity contribution in [3.8, 4) is 45.0 Å². The molecule has 12 nitrogen and oxygen atoms in total. The standard InChI is InChI=1S/2C22H24N.2C20H20N.C15H24O2.C13H20O2.C13H24O2.C5H8O2.4Ir/c2*1-15-11-16(2)13-18(12-15)20-10-9-19-17(14-22(3,4)5)7-6-8-21(19)23-20;2*1-4-7-16-13-20(17-11-14(2)10-15(3)12-17)21-19-9-6-5-8-18(16)19;16-14(12-7-3-1-4-8-12)11-15(17)13-9-5-2-6-10-13;14-12(10-5-1-2-6-10)9-13(15)11-7-3-4-8-11;1-5-10(6-2)12(14)9-13(15)11(7-3)8-4;1-4(6)3-5(2)7;;;;/h2*6-12H,14H2,1-5H3;2*5-6,8-11,13H,4,7H2,1-3H3;11-13,16H,1-10H2;9-11,14H,1-8H2;9-11,14H,5-8H2,1-4H3;3,6H,1-2H3;;;;/q4*-1;;;;;;;;. The van der Waals surface area contributed by atoms with Crippen molar-refractivity contribution >= 4 is 66.7 Å². The molecule has 0 spiro atoms. The minimum atomic E-state index is -0.125. The molecule has 0 atom stereocenters. The van der Waals surface area contributed by atoms with E-state index in [1.165, 1.54) is 162 Å². The molecule has 4 aliphatic rings. The molecule has 4 radical (unpaired) electrons. The molecule has 0 bridgehead atoms. The topological polar surface area (TPSA) is 201 Å². The van der Waals surface area contributed by atoms with E-state index in [1.54, 1.807) is 6.08 Å². The third kappa shape index (κ3) is 41.6. The smallest absolute Gasteiger partial charge is 0.162 e. The average Bonchev–Trinajstić information content (AvgIpc) is 1.06. The first-order valence-electron chi connectivity index (χ1n) is 53.0. The van der Waals surface area contributed by atoms with E-state index in [0.717, 1.165) is 205 Å². The van der Waals surface area contributed by atoms with Gasteiger partial charge in [-0.25, -0.2) is 0 Å². The second-order valence-electron chi connectivity index (χ2n) is 42.7. The molecule has 4 aromatic heterocycles. The summed E-state index contributed by atoms with van der Waals surface area (Å²) in [6.07, 6.45) is 36.0. The first-order valence-corrected chi connectivity index (χ1v) is 53.0. The van der Waals surface area contributed by atoms with Crippen molar-refractivity contribution < 1.29 is 120 Å². The number of aliphatic hydroxyl groups is 4. The minimum Gasteiger partial charge on any atom is -0.512 e. The predicted octanol–water partition coefficient (Wildman–Crippen LogP) is 34.8. The number of rotatable bonds is 24. The molecule has 12 aromatic rings. The maximum absolute atomic E-state index is 12.0. The summed E-state index contributed by atoms with van der Waals surface area (Å²) >= 11 is 0. The Labute approximate surface area is 930 Å². The molecule has 0 unspecified atom stereocenters. The van der Waals surface area contributed by atoms with Gasteiger partial charge in [0.1, 0.15) is 0 Å². The molecule has 0 amide bonds.